The van der Waals surface area contributed by atoms with Crippen LogP contribution < -0.4 is 5.32 Å². The molecule has 3 aromatic heterocycles. The van der Waals surface area contributed by atoms with Crippen molar-refractivity contribution in [3.63, 3.8) is 0 Å². The van der Waals surface area contributed by atoms with Crippen LogP contribution in [0.1, 0.15) is 41.3 Å². The fraction of sp³-hybridized carbons (Fsp3) is 0.192. The molecule has 4 aromatic rings. The van der Waals surface area contributed by atoms with Gasteiger partial charge < -0.3 is 5.32 Å². The van der Waals surface area contributed by atoms with Gasteiger partial charge in [0.25, 0.3) is 5.91 Å². The smallest absolute Gasteiger partial charge is 0.270 e. The lowest BCUT2D eigenvalue weighted by Gasteiger charge is -2.13. The minimum atomic E-state index is -0.282. The largest absolute Gasteiger partial charge is 0.345 e. The predicted molar refractivity (Wildman–Crippen MR) is 128 cm³/mol. The normalized spacial score (nSPS) is 11.7. The fourth-order valence-electron chi connectivity index (χ4n) is 3.63. The predicted octanol–water partition coefficient (Wildman–Crippen LogP) is 4.64. The lowest BCUT2D eigenvalue weighted by atomic mass is 9.99. The molecule has 0 aliphatic carbocycles. The average Bonchev–Trinajstić information content (AvgIpc) is 3.17. The van der Waals surface area contributed by atoms with E-state index in [-0.39, 0.29) is 17.6 Å². The Balaban J connectivity index is 1.95. The fourth-order valence-corrected chi connectivity index (χ4v) is 3.63. The zero-order valence-corrected chi connectivity index (χ0v) is 19.0. The average molecular weight is 437 g/mol. The summed E-state index contributed by atoms with van der Waals surface area (Å²) in [7, 11) is 0. The highest BCUT2D eigenvalue weighted by molar-refractivity contribution is 5.95. The first-order valence-electron chi connectivity index (χ1n) is 10.6. The highest BCUT2D eigenvalue weighted by atomic mass is 16.1. The van der Waals surface area contributed by atoms with Crippen molar-refractivity contribution >= 4 is 11.6 Å². The van der Waals surface area contributed by atoms with Crippen molar-refractivity contribution < 1.29 is 4.79 Å². The first-order chi connectivity index (χ1) is 15.8. The second-order valence-electron chi connectivity index (χ2n) is 8.18. The van der Waals surface area contributed by atoms with Crippen molar-refractivity contribution in [1.29, 1.82) is 5.26 Å². The molecule has 1 atom stereocenters. The molecule has 0 radical (unpaired) electrons. The van der Waals surface area contributed by atoms with E-state index in [1.807, 2.05) is 52.0 Å². The Bertz CT molecular complexity index is 1420. The molecule has 7 nitrogen and oxygen atoms in total. The second-order valence-corrected chi connectivity index (χ2v) is 8.18. The van der Waals surface area contributed by atoms with Gasteiger partial charge in [0.15, 0.2) is 5.65 Å². The number of aromatic nitrogens is 4. The maximum Gasteiger partial charge on any atom is 0.270 e. The van der Waals surface area contributed by atoms with Gasteiger partial charge in [-0.3, -0.25) is 9.78 Å². The third-order valence-electron chi connectivity index (χ3n) is 5.44. The number of rotatable bonds is 5. The third-order valence-corrected chi connectivity index (χ3v) is 5.44. The summed E-state index contributed by atoms with van der Waals surface area (Å²) in [5.41, 5.74) is 7.12. The van der Waals surface area contributed by atoms with Crippen LogP contribution in [-0.4, -0.2) is 31.5 Å². The van der Waals surface area contributed by atoms with Crippen molar-refractivity contribution in [2.24, 2.45) is 0 Å². The van der Waals surface area contributed by atoms with E-state index < -0.39 is 0 Å². The summed E-state index contributed by atoms with van der Waals surface area (Å²) in [6.45, 7) is 11.5. The van der Waals surface area contributed by atoms with E-state index in [1.165, 1.54) is 0 Å². The van der Waals surface area contributed by atoms with E-state index >= 15 is 0 Å². The van der Waals surface area contributed by atoms with Gasteiger partial charge in [-0.25, -0.2) is 9.50 Å². The van der Waals surface area contributed by atoms with Crippen LogP contribution in [-0.2, 0) is 0 Å². The van der Waals surface area contributed by atoms with Crippen LogP contribution in [0.5, 0.6) is 0 Å². The van der Waals surface area contributed by atoms with Gasteiger partial charge >= 0.3 is 0 Å². The number of fused-ring (bicyclic) bond motifs is 1. The summed E-state index contributed by atoms with van der Waals surface area (Å²) in [6, 6.07) is 14.9. The van der Waals surface area contributed by atoms with Crippen LogP contribution in [0.25, 0.3) is 28.0 Å². The van der Waals surface area contributed by atoms with Crippen LogP contribution in [0.3, 0.4) is 0 Å². The van der Waals surface area contributed by atoms with E-state index in [0.717, 1.165) is 33.7 Å². The minimum absolute atomic E-state index is 0.172. The van der Waals surface area contributed by atoms with Gasteiger partial charge in [0.05, 0.1) is 17.2 Å². The van der Waals surface area contributed by atoms with Crippen molar-refractivity contribution in [2.45, 2.75) is 33.7 Å². The zero-order chi connectivity index (χ0) is 23.7. The molecular formula is C26H24N6O. The Hall–Kier alpha value is -4.31. The van der Waals surface area contributed by atoms with Crippen LogP contribution in [0.4, 0.5) is 0 Å². The summed E-state index contributed by atoms with van der Waals surface area (Å²) in [5.74, 6) is -0.282. The van der Waals surface area contributed by atoms with Gasteiger partial charge in [0.2, 0.25) is 0 Å². The molecule has 164 valence electrons. The number of carbonyl (C=O) groups excluding carboxylic acids is 1. The Morgan fingerprint density at radius 2 is 1.85 bits per heavy atom. The Kier molecular flexibility index (Phi) is 5.76. The van der Waals surface area contributed by atoms with Crippen LogP contribution in [0, 0.1) is 25.2 Å². The Labute approximate surface area is 192 Å². The number of nitriles is 1. The van der Waals surface area contributed by atoms with Crippen molar-refractivity contribution in [3.05, 3.63) is 83.5 Å². The van der Waals surface area contributed by atoms with Gasteiger partial charge in [0.1, 0.15) is 11.4 Å². The molecule has 0 unspecified atom stereocenters. The molecule has 3 heterocycles. The van der Waals surface area contributed by atoms with Crippen LogP contribution in [0.2, 0.25) is 0 Å². The number of amides is 1. The maximum atomic E-state index is 12.8. The second kappa shape index (κ2) is 8.67. The summed E-state index contributed by atoms with van der Waals surface area (Å²) >= 11 is 0. The number of hydrogen-bond donors (Lipinski definition) is 1. The van der Waals surface area contributed by atoms with Gasteiger partial charge in [-0.1, -0.05) is 24.3 Å². The van der Waals surface area contributed by atoms with E-state index in [4.69, 9.17) is 5.10 Å². The molecule has 33 heavy (non-hydrogen) atoms. The number of aryl methyl sites for hydroxylation is 2. The first kappa shape index (κ1) is 21.9. The molecule has 0 saturated heterocycles. The van der Waals surface area contributed by atoms with E-state index in [9.17, 15) is 10.1 Å². The van der Waals surface area contributed by atoms with Crippen LogP contribution >= 0.6 is 0 Å². The van der Waals surface area contributed by atoms with Crippen molar-refractivity contribution in [3.8, 4) is 28.5 Å². The molecule has 0 saturated carbocycles. The topological polar surface area (TPSA) is 96.0 Å². The lowest BCUT2D eigenvalue weighted by Crippen LogP contribution is -2.33. The molecule has 0 aliphatic rings. The summed E-state index contributed by atoms with van der Waals surface area (Å²) in [6.07, 6.45) is 1.73. The Morgan fingerprint density at radius 1 is 1.12 bits per heavy atom. The molecule has 4 rings (SSSR count). The number of nitrogens with zero attached hydrogens (tertiary/aromatic N) is 5. The molecule has 1 aromatic carbocycles. The lowest BCUT2D eigenvalue weighted by molar-refractivity contribution is 0.0940. The molecule has 0 fully saturated rings. The maximum absolute atomic E-state index is 12.8. The summed E-state index contributed by atoms with van der Waals surface area (Å²) in [5, 5.41) is 17.0. The number of pyridine rings is 1. The highest BCUT2D eigenvalue weighted by Crippen LogP contribution is 2.35. The zero-order valence-electron chi connectivity index (χ0n) is 19.0. The van der Waals surface area contributed by atoms with Gasteiger partial charge in [0, 0.05) is 29.2 Å². The van der Waals surface area contributed by atoms with Crippen molar-refractivity contribution in [2.75, 3.05) is 0 Å². The van der Waals surface area contributed by atoms with Gasteiger partial charge in [-0.15, -0.1) is 0 Å². The SMILES string of the molecule is C=C(C)[C@H](C)NC(=O)c1ccn2nc(-c3cccc(C#N)c3)c(-c3cc(C)nc(C)c3)c2n1. The monoisotopic (exact) mass is 436 g/mol. The first-order valence-corrected chi connectivity index (χ1v) is 10.6. The number of benzene rings is 1. The molecule has 1 N–H and O–H groups in total. The number of hydrogen-bond acceptors (Lipinski definition) is 5. The van der Waals surface area contributed by atoms with E-state index in [0.29, 0.717) is 16.9 Å². The van der Waals surface area contributed by atoms with Gasteiger partial charge in [-0.2, -0.15) is 10.4 Å². The molecule has 7 heteroatoms. The van der Waals surface area contributed by atoms with Crippen LogP contribution in [0.15, 0.2) is 60.8 Å². The van der Waals surface area contributed by atoms with E-state index in [2.05, 4.69) is 27.9 Å². The molecule has 1 amide bonds. The molecule has 0 aliphatic heterocycles. The molecule has 0 bridgehead atoms. The number of nitrogens with one attached hydrogen (secondary N) is 1. The molecule has 0 spiro atoms. The van der Waals surface area contributed by atoms with Crippen molar-refractivity contribution in [1.82, 2.24) is 24.9 Å². The molecular weight excluding hydrogens is 412 g/mol. The van der Waals surface area contributed by atoms with E-state index in [1.54, 1.807) is 28.9 Å². The quantitative estimate of drug-likeness (QED) is 0.460. The van der Waals surface area contributed by atoms with Gasteiger partial charge in [-0.05, 0) is 63.6 Å². The standard InChI is InChI=1S/C26H24N6O/c1-15(2)18(5)29-26(33)22-9-10-32-25(30-22)23(21-11-16(3)28-17(4)12-21)24(31-32)20-8-6-7-19(13-20)14-27/h6-13,18H,1H2,2-5H3,(H,29,33)/t18-/m0/s1. The minimum Gasteiger partial charge on any atom is -0.345 e. The highest BCUT2D eigenvalue weighted by Gasteiger charge is 2.21. The third kappa shape index (κ3) is 4.37. The summed E-state index contributed by atoms with van der Waals surface area (Å²) < 4.78 is 1.66. The number of carbonyl (C=O) groups is 1. The summed E-state index contributed by atoms with van der Waals surface area (Å²) in [4.78, 5) is 22.0. The Morgan fingerprint density at radius 3 is 2.52 bits per heavy atom.